The summed E-state index contributed by atoms with van der Waals surface area (Å²) in [6.07, 6.45) is 1.34. The van der Waals surface area contributed by atoms with Crippen LogP contribution in [-0.2, 0) is 0 Å². The molecule has 2 aromatic carbocycles. The van der Waals surface area contributed by atoms with Crippen molar-refractivity contribution in [2.45, 2.75) is 50.4 Å². The standard InChI is InChI=1S/C31H37N5O6/c1-18-4-2-3-5-25(18)35-10-12-36(13-11-35)26-9-8-20(29(40)33-23-15-21(16-37)27(38)28(23)39)14-22(26)32-30(41)24-17-42-31(34-24)19-6-7-19/h2-5,8-9,14,17,19,21,23,27-28,37-39H,6-7,10-13,15-16H2,1H3,(H,32,41)(H,33,40)/t21-,23+,27-,28+/m1/s1. The van der Waals surface area contributed by atoms with Crippen LogP contribution in [0, 0.1) is 12.8 Å². The van der Waals surface area contributed by atoms with Crippen LogP contribution in [0.5, 0.6) is 0 Å². The Bertz CT molecular complexity index is 1450. The van der Waals surface area contributed by atoms with Crippen molar-refractivity contribution in [1.82, 2.24) is 10.3 Å². The average Bonchev–Trinajstić information content (AvgIpc) is 3.67. The summed E-state index contributed by atoms with van der Waals surface area (Å²) in [6, 6.07) is 12.7. The fourth-order valence-electron chi connectivity index (χ4n) is 5.96. The zero-order valence-electron chi connectivity index (χ0n) is 23.6. The van der Waals surface area contributed by atoms with E-state index in [1.54, 1.807) is 12.1 Å². The SMILES string of the molecule is Cc1ccccc1N1CCN(c2ccc(C(=O)N[C@H]3C[C@H](CO)[C@@H](O)[C@H]3O)cc2NC(=O)c2coc(C3CC3)n2)CC1. The highest BCUT2D eigenvalue weighted by Gasteiger charge is 2.42. The lowest BCUT2D eigenvalue weighted by Crippen LogP contribution is -2.47. The summed E-state index contributed by atoms with van der Waals surface area (Å²) in [5, 5.41) is 35.7. The fraction of sp³-hybridized carbons (Fsp3) is 0.452. The van der Waals surface area contributed by atoms with Gasteiger partial charge in [-0.2, -0.15) is 0 Å². The van der Waals surface area contributed by atoms with Crippen LogP contribution >= 0.6 is 0 Å². The second-order valence-corrected chi connectivity index (χ2v) is 11.5. The third-order valence-electron chi connectivity index (χ3n) is 8.62. The monoisotopic (exact) mass is 575 g/mol. The van der Waals surface area contributed by atoms with E-state index in [4.69, 9.17) is 4.42 Å². The smallest absolute Gasteiger partial charge is 0.277 e. The van der Waals surface area contributed by atoms with Crippen molar-refractivity contribution >= 4 is 28.9 Å². The van der Waals surface area contributed by atoms with E-state index in [0.29, 0.717) is 30.2 Å². The van der Waals surface area contributed by atoms with Gasteiger partial charge in [-0.05, 0) is 56.0 Å². The molecule has 1 aliphatic heterocycles. The Morgan fingerprint density at radius 1 is 0.976 bits per heavy atom. The minimum atomic E-state index is -1.18. The number of benzene rings is 2. The number of nitrogens with zero attached hydrogens (tertiary/aromatic N) is 3. The van der Waals surface area contributed by atoms with Gasteiger partial charge in [0.1, 0.15) is 12.4 Å². The number of hydrogen-bond donors (Lipinski definition) is 5. The number of para-hydroxylation sites is 1. The molecule has 2 heterocycles. The van der Waals surface area contributed by atoms with Gasteiger partial charge >= 0.3 is 0 Å². The minimum absolute atomic E-state index is 0.181. The molecular weight excluding hydrogens is 538 g/mol. The largest absolute Gasteiger partial charge is 0.448 e. The molecule has 3 aliphatic rings. The molecular formula is C31H37N5O6. The van der Waals surface area contributed by atoms with Crippen LogP contribution in [0.15, 0.2) is 53.1 Å². The van der Waals surface area contributed by atoms with Crippen molar-refractivity contribution in [2.75, 3.05) is 47.9 Å². The van der Waals surface area contributed by atoms with E-state index >= 15 is 0 Å². The van der Waals surface area contributed by atoms with Gasteiger partial charge in [0, 0.05) is 55.9 Å². The number of nitrogens with one attached hydrogen (secondary N) is 2. The maximum absolute atomic E-state index is 13.2. The first kappa shape index (κ1) is 28.2. The van der Waals surface area contributed by atoms with E-state index in [0.717, 1.165) is 31.6 Å². The summed E-state index contributed by atoms with van der Waals surface area (Å²) in [5.74, 6) is -0.548. The molecule has 11 nitrogen and oxygen atoms in total. The number of piperazine rings is 1. The number of carbonyl (C=O) groups is 2. The summed E-state index contributed by atoms with van der Waals surface area (Å²) in [7, 11) is 0. The maximum Gasteiger partial charge on any atom is 0.277 e. The molecule has 0 radical (unpaired) electrons. The first-order valence-corrected chi connectivity index (χ1v) is 14.6. The van der Waals surface area contributed by atoms with Gasteiger partial charge < -0.3 is 40.2 Å². The molecule has 2 saturated carbocycles. The third-order valence-corrected chi connectivity index (χ3v) is 8.62. The summed E-state index contributed by atoms with van der Waals surface area (Å²) in [4.78, 5) is 35.4. The zero-order chi connectivity index (χ0) is 29.4. The van der Waals surface area contributed by atoms with Gasteiger partial charge in [-0.25, -0.2) is 4.98 Å². The normalized spacial score (nSPS) is 24.1. The molecule has 1 saturated heterocycles. The van der Waals surface area contributed by atoms with Crippen LogP contribution in [0.1, 0.15) is 57.5 Å². The predicted octanol–water partition coefficient (Wildman–Crippen LogP) is 2.27. The van der Waals surface area contributed by atoms with E-state index in [1.807, 2.05) is 18.2 Å². The number of carbonyl (C=O) groups excluding carboxylic acids is 2. The number of hydrogen-bond acceptors (Lipinski definition) is 9. The number of aliphatic hydroxyl groups is 3. The Labute approximate surface area is 244 Å². The third kappa shape index (κ3) is 5.72. The molecule has 0 spiro atoms. The average molecular weight is 576 g/mol. The van der Waals surface area contributed by atoms with Crippen molar-refractivity contribution in [1.29, 1.82) is 0 Å². The van der Waals surface area contributed by atoms with Gasteiger partial charge in [0.05, 0.1) is 23.5 Å². The van der Waals surface area contributed by atoms with E-state index in [9.17, 15) is 24.9 Å². The molecule has 4 atom stereocenters. The van der Waals surface area contributed by atoms with E-state index in [-0.39, 0.29) is 24.6 Å². The summed E-state index contributed by atoms with van der Waals surface area (Å²) < 4.78 is 5.52. The van der Waals surface area contributed by atoms with Crippen LogP contribution in [-0.4, -0.2) is 83.2 Å². The van der Waals surface area contributed by atoms with E-state index < -0.39 is 36.0 Å². The molecule has 3 fully saturated rings. The predicted molar refractivity (Wildman–Crippen MR) is 157 cm³/mol. The Hall–Kier alpha value is -3.93. The van der Waals surface area contributed by atoms with Gasteiger partial charge in [-0.1, -0.05) is 18.2 Å². The van der Waals surface area contributed by atoms with Crippen LogP contribution in [0.25, 0.3) is 0 Å². The molecule has 5 N–H and O–H groups in total. The highest BCUT2D eigenvalue weighted by atomic mass is 16.3. The highest BCUT2D eigenvalue weighted by molar-refractivity contribution is 6.06. The van der Waals surface area contributed by atoms with Crippen LogP contribution in [0.4, 0.5) is 17.1 Å². The molecule has 222 valence electrons. The molecule has 0 bridgehead atoms. The van der Waals surface area contributed by atoms with Crippen molar-refractivity contribution in [3.8, 4) is 0 Å². The lowest BCUT2D eigenvalue weighted by molar-refractivity contribution is 0.000135. The van der Waals surface area contributed by atoms with Gasteiger partial charge in [-0.15, -0.1) is 0 Å². The summed E-state index contributed by atoms with van der Waals surface area (Å²) >= 11 is 0. The van der Waals surface area contributed by atoms with Crippen LogP contribution in [0.2, 0.25) is 0 Å². The van der Waals surface area contributed by atoms with E-state index in [1.165, 1.54) is 17.5 Å². The molecule has 3 aromatic rings. The first-order valence-electron chi connectivity index (χ1n) is 14.6. The second-order valence-electron chi connectivity index (χ2n) is 11.5. The van der Waals surface area contributed by atoms with Crippen molar-refractivity contribution in [2.24, 2.45) is 5.92 Å². The molecule has 1 aromatic heterocycles. The Morgan fingerprint density at radius 3 is 2.36 bits per heavy atom. The summed E-state index contributed by atoms with van der Waals surface area (Å²) in [6.45, 7) is 4.84. The summed E-state index contributed by atoms with van der Waals surface area (Å²) in [5.41, 5.74) is 4.15. The molecule has 2 amide bonds. The zero-order valence-corrected chi connectivity index (χ0v) is 23.6. The highest BCUT2D eigenvalue weighted by Crippen LogP contribution is 2.39. The number of anilines is 3. The van der Waals surface area contributed by atoms with Gasteiger partial charge in [0.15, 0.2) is 11.6 Å². The number of aromatic nitrogens is 1. The molecule has 2 aliphatic carbocycles. The lowest BCUT2D eigenvalue weighted by atomic mass is 10.1. The van der Waals surface area contributed by atoms with Crippen LogP contribution in [0.3, 0.4) is 0 Å². The first-order chi connectivity index (χ1) is 20.3. The van der Waals surface area contributed by atoms with Crippen molar-refractivity contribution < 1.29 is 29.3 Å². The topological polar surface area (TPSA) is 151 Å². The number of oxazole rings is 1. The Kier molecular flexibility index (Phi) is 7.89. The number of aliphatic hydroxyl groups excluding tert-OH is 3. The fourth-order valence-corrected chi connectivity index (χ4v) is 5.96. The maximum atomic E-state index is 13.2. The van der Waals surface area contributed by atoms with E-state index in [2.05, 4.69) is 44.5 Å². The molecule has 0 unspecified atom stereocenters. The Balaban J connectivity index is 1.22. The second kappa shape index (κ2) is 11.7. The van der Waals surface area contributed by atoms with Gasteiger partial charge in [-0.3, -0.25) is 9.59 Å². The Morgan fingerprint density at radius 2 is 1.69 bits per heavy atom. The number of rotatable bonds is 8. The molecule has 11 heteroatoms. The van der Waals surface area contributed by atoms with Crippen molar-refractivity contribution in [3.05, 3.63) is 71.4 Å². The molecule has 6 rings (SSSR count). The van der Waals surface area contributed by atoms with Gasteiger partial charge in [0.2, 0.25) is 0 Å². The number of aryl methyl sites for hydroxylation is 1. The molecule has 42 heavy (non-hydrogen) atoms. The lowest BCUT2D eigenvalue weighted by Gasteiger charge is -2.38. The van der Waals surface area contributed by atoms with Crippen LogP contribution < -0.4 is 20.4 Å². The minimum Gasteiger partial charge on any atom is -0.448 e. The quantitative estimate of drug-likeness (QED) is 0.272. The van der Waals surface area contributed by atoms with Crippen molar-refractivity contribution in [3.63, 3.8) is 0 Å². The number of amides is 2. The van der Waals surface area contributed by atoms with Gasteiger partial charge in [0.25, 0.3) is 11.8 Å².